The first-order valence-electron chi connectivity index (χ1n) is 4.64. The van der Waals surface area contributed by atoms with Crippen LogP contribution in [-0.4, -0.2) is 27.7 Å². The van der Waals surface area contributed by atoms with Gasteiger partial charge in [-0.1, -0.05) is 6.07 Å². The van der Waals surface area contributed by atoms with Crippen LogP contribution in [0.5, 0.6) is 5.75 Å². The molecule has 0 saturated heterocycles. The van der Waals surface area contributed by atoms with Crippen molar-refractivity contribution in [2.45, 2.75) is 6.42 Å². The molecule has 1 aliphatic heterocycles. The number of likely N-dealkylation sites (N-methyl/N-ethyl adjacent to an activating group) is 1. The predicted octanol–water partition coefficient (Wildman–Crippen LogP) is -1.18. The maximum Gasteiger partial charge on any atom is 0.139 e. The molecule has 0 bridgehead atoms. The molecule has 0 spiro atoms. The average molecular weight is 305 g/mol. The Bertz CT molecular complexity index is 336. The van der Waals surface area contributed by atoms with Gasteiger partial charge in [0, 0.05) is 6.42 Å². The number of hydrogen-bond acceptors (Lipinski definition) is 1. The average Bonchev–Trinajstić information content (AvgIpc) is 2.43. The van der Waals surface area contributed by atoms with Gasteiger partial charge in [-0.05, 0) is 12.1 Å². The van der Waals surface area contributed by atoms with E-state index in [9.17, 15) is 0 Å². The number of rotatable bonds is 1. The third-order valence-corrected chi connectivity index (χ3v) is 2.90. The SMILES string of the molecule is COc1cccc2c1CC[N+]2(C)C.[I-]. The summed E-state index contributed by atoms with van der Waals surface area (Å²) in [6.07, 6.45) is 1.13. The summed E-state index contributed by atoms with van der Waals surface area (Å²) in [5.74, 6) is 1.04. The summed E-state index contributed by atoms with van der Waals surface area (Å²) in [5.41, 5.74) is 2.79. The number of methoxy groups -OCH3 is 1. The second-order valence-electron chi connectivity index (χ2n) is 4.12. The van der Waals surface area contributed by atoms with Crippen LogP contribution in [0.25, 0.3) is 0 Å². The maximum atomic E-state index is 5.34. The zero-order valence-electron chi connectivity index (χ0n) is 8.88. The van der Waals surface area contributed by atoms with E-state index >= 15 is 0 Å². The van der Waals surface area contributed by atoms with Crippen LogP contribution in [0.3, 0.4) is 0 Å². The number of halogens is 1. The quantitative estimate of drug-likeness (QED) is 0.469. The fourth-order valence-corrected chi connectivity index (χ4v) is 2.08. The molecule has 1 aliphatic rings. The minimum Gasteiger partial charge on any atom is -1.00 e. The summed E-state index contributed by atoms with van der Waals surface area (Å²) in [6.45, 7) is 1.18. The van der Waals surface area contributed by atoms with E-state index in [4.69, 9.17) is 4.74 Å². The van der Waals surface area contributed by atoms with E-state index in [1.807, 2.05) is 6.07 Å². The van der Waals surface area contributed by atoms with Crippen LogP contribution >= 0.6 is 0 Å². The lowest BCUT2D eigenvalue weighted by molar-refractivity contribution is -0.00000313. The van der Waals surface area contributed by atoms with Gasteiger partial charge in [-0.3, -0.25) is 4.48 Å². The first-order valence-corrected chi connectivity index (χ1v) is 4.64. The molecule has 14 heavy (non-hydrogen) atoms. The molecule has 0 N–H and O–H groups in total. The normalized spacial score (nSPS) is 17.1. The van der Waals surface area contributed by atoms with Crippen molar-refractivity contribution in [3.63, 3.8) is 0 Å². The number of quaternary nitrogens is 1. The number of nitrogens with zero attached hydrogens (tertiary/aromatic N) is 1. The fourth-order valence-electron chi connectivity index (χ4n) is 2.08. The molecule has 0 atom stereocenters. The Labute approximate surface area is 102 Å². The largest absolute Gasteiger partial charge is 1.00 e. The Kier molecular flexibility index (Phi) is 3.42. The highest BCUT2D eigenvalue weighted by atomic mass is 127. The van der Waals surface area contributed by atoms with Crippen LogP contribution in [0.1, 0.15) is 5.56 Å². The van der Waals surface area contributed by atoms with Gasteiger partial charge in [0.25, 0.3) is 0 Å². The van der Waals surface area contributed by atoms with Gasteiger partial charge in [0.05, 0.1) is 33.3 Å². The fraction of sp³-hybridized carbons (Fsp3) is 0.455. The van der Waals surface area contributed by atoms with Gasteiger partial charge >= 0.3 is 0 Å². The van der Waals surface area contributed by atoms with Crippen molar-refractivity contribution in [3.8, 4) is 5.75 Å². The Morgan fingerprint density at radius 1 is 1.29 bits per heavy atom. The van der Waals surface area contributed by atoms with Crippen LogP contribution in [0.4, 0.5) is 5.69 Å². The Hall–Kier alpha value is -0.290. The molecule has 1 heterocycles. The van der Waals surface area contributed by atoms with Gasteiger partial charge < -0.3 is 28.7 Å². The van der Waals surface area contributed by atoms with E-state index in [0.717, 1.165) is 16.7 Å². The van der Waals surface area contributed by atoms with Crippen LogP contribution in [0.15, 0.2) is 18.2 Å². The lowest BCUT2D eigenvalue weighted by Crippen LogP contribution is -3.00. The molecule has 78 valence electrons. The molecule has 0 aromatic heterocycles. The first kappa shape index (κ1) is 11.8. The van der Waals surface area contributed by atoms with Gasteiger partial charge in [0.1, 0.15) is 11.4 Å². The van der Waals surface area contributed by atoms with Crippen LogP contribution < -0.4 is 33.2 Å². The number of ether oxygens (including phenoxy) is 1. The molecule has 0 saturated carbocycles. The Morgan fingerprint density at radius 3 is 2.64 bits per heavy atom. The molecule has 3 heteroatoms. The molecule has 2 rings (SSSR count). The molecule has 0 fully saturated rings. The van der Waals surface area contributed by atoms with Gasteiger partial charge in [-0.15, -0.1) is 0 Å². The molecular formula is C11H16INO. The van der Waals surface area contributed by atoms with Gasteiger partial charge in [0.15, 0.2) is 0 Å². The summed E-state index contributed by atoms with van der Waals surface area (Å²) in [4.78, 5) is 0. The monoisotopic (exact) mass is 305 g/mol. The maximum absolute atomic E-state index is 5.34. The molecule has 1 aromatic carbocycles. The van der Waals surface area contributed by atoms with Crippen molar-refractivity contribution in [2.24, 2.45) is 0 Å². The molecular weight excluding hydrogens is 289 g/mol. The highest BCUT2D eigenvalue weighted by molar-refractivity contribution is 5.59. The first-order chi connectivity index (χ1) is 6.15. The van der Waals surface area contributed by atoms with Gasteiger partial charge in [0.2, 0.25) is 0 Å². The van der Waals surface area contributed by atoms with E-state index < -0.39 is 0 Å². The predicted molar refractivity (Wildman–Crippen MR) is 55.2 cm³/mol. The van der Waals surface area contributed by atoms with Crippen LogP contribution in [-0.2, 0) is 6.42 Å². The topological polar surface area (TPSA) is 9.23 Å². The summed E-state index contributed by atoms with van der Waals surface area (Å²) >= 11 is 0. The minimum atomic E-state index is 0. The third-order valence-electron chi connectivity index (χ3n) is 2.90. The second kappa shape index (κ2) is 4.06. The van der Waals surface area contributed by atoms with Crippen molar-refractivity contribution < 1.29 is 28.7 Å². The van der Waals surface area contributed by atoms with Crippen molar-refractivity contribution in [3.05, 3.63) is 23.8 Å². The number of hydrogen-bond donors (Lipinski definition) is 0. The number of fused-ring (bicyclic) bond motifs is 1. The molecule has 0 amide bonds. The zero-order chi connectivity index (χ0) is 9.47. The Morgan fingerprint density at radius 2 is 2.00 bits per heavy atom. The minimum absolute atomic E-state index is 0. The summed E-state index contributed by atoms with van der Waals surface area (Å²) in [7, 11) is 6.23. The van der Waals surface area contributed by atoms with E-state index in [1.54, 1.807) is 7.11 Å². The highest BCUT2D eigenvalue weighted by Gasteiger charge is 2.31. The summed E-state index contributed by atoms with van der Waals surface area (Å²) < 4.78 is 6.32. The molecule has 0 radical (unpaired) electrons. The second-order valence-corrected chi connectivity index (χ2v) is 4.12. The van der Waals surface area contributed by atoms with Crippen LogP contribution in [0.2, 0.25) is 0 Å². The lowest BCUT2D eigenvalue weighted by Gasteiger charge is -2.23. The molecule has 0 unspecified atom stereocenters. The third kappa shape index (κ3) is 1.75. The van der Waals surface area contributed by atoms with E-state index in [0.29, 0.717) is 0 Å². The zero-order valence-corrected chi connectivity index (χ0v) is 11.0. The van der Waals surface area contributed by atoms with E-state index in [1.165, 1.54) is 17.8 Å². The van der Waals surface area contributed by atoms with Crippen molar-refractivity contribution in [1.29, 1.82) is 0 Å². The lowest BCUT2D eigenvalue weighted by atomic mass is 10.1. The molecule has 2 nitrogen and oxygen atoms in total. The highest BCUT2D eigenvalue weighted by Crippen LogP contribution is 2.37. The molecule has 1 aromatic rings. The smallest absolute Gasteiger partial charge is 0.139 e. The number of benzene rings is 1. The van der Waals surface area contributed by atoms with Crippen molar-refractivity contribution in [2.75, 3.05) is 27.7 Å². The van der Waals surface area contributed by atoms with Gasteiger partial charge in [-0.25, -0.2) is 0 Å². The van der Waals surface area contributed by atoms with Crippen molar-refractivity contribution in [1.82, 2.24) is 4.48 Å². The summed E-state index contributed by atoms with van der Waals surface area (Å²) in [6, 6.07) is 6.32. The molecule has 0 aliphatic carbocycles. The Balaban J connectivity index is 0.000000980. The van der Waals surface area contributed by atoms with Gasteiger partial charge in [-0.2, -0.15) is 0 Å². The van der Waals surface area contributed by atoms with E-state index in [-0.39, 0.29) is 24.0 Å². The summed E-state index contributed by atoms with van der Waals surface area (Å²) in [5, 5.41) is 0. The van der Waals surface area contributed by atoms with Crippen LogP contribution in [0, 0.1) is 0 Å². The van der Waals surface area contributed by atoms with E-state index in [2.05, 4.69) is 26.2 Å². The standard InChI is InChI=1S/C11H16NO.HI/c1-12(2)8-7-9-10(12)5-4-6-11(9)13-3;/h4-6H,7-8H2,1-3H3;1H/q+1;/p-1. The van der Waals surface area contributed by atoms with Crippen molar-refractivity contribution >= 4 is 5.69 Å².